The van der Waals surface area contributed by atoms with Crippen molar-refractivity contribution in [2.75, 3.05) is 7.11 Å². The van der Waals surface area contributed by atoms with Crippen LogP contribution in [0.1, 0.15) is 13.8 Å². The highest BCUT2D eigenvalue weighted by Crippen LogP contribution is 2.46. The van der Waals surface area contributed by atoms with E-state index < -0.39 is 65.2 Å². The van der Waals surface area contributed by atoms with Crippen molar-refractivity contribution in [1.82, 2.24) is 0 Å². The molecule has 0 spiro atoms. The molecule has 0 saturated carbocycles. The zero-order chi connectivity index (χ0) is 26.0. The topological polar surface area (TPSA) is 195 Å². The lowest BCUT2D eigenvalue weighted by Gasteiger charge is -2.40. The number of phenols is 2. The average Bonchev–Trinajstić information content (AvgIpc) is 2.81. The van der Waals surface area contributed by atoms with E-state index in [1.54, 1.807) is 0 Å². The number of carbonyl (C=O) groups is 1. The number of phenolic OH excluding ortho intramolecular Hbond substituents is 2. The van der Waals surface area contributed by atoms with Gasteiger partial charge in [-0.25, -0.2) is 9.59 Å². The second kappa shape index (κ2) is 8.26. The molecule has 13 nitrogen and oxygen atoms in total. The van der Waals surface area contributed by atoms with Gasteiger partial charge < -0.3 is 48.2 Å². The van der Waals surface area contributed by atoms with Crippen LogP contribution >= 0.6 is 0 Å². The SMILES string of the molecule is COc1c(O)cc2c(=O)oc3c(O[C@@H]4O[C@H](C)[C@H](O)[C@@H](OC(C)=O)[C@H]4O)c(O)cc4c(=O)oc1c2c34. The Bertz CT molecular complexity index is 1620. The van der Waals surface area contributed by atoms with Gasteiger partial charge in [0, 0.05) is 17.7 Å². The lowest BCUT2D eigenvalue weighted by Crippen LogP contribution is -2.59. The first-order chi connectivity index (χ1) is 17.0. The summed E-state index contributed by atoms with van der Waals surface area (Å²) < 4.78 is 32.0. The Kier molecular flexibility index (Phi) is 5.43. The zero-order valence-electron chi connectivity index (χ0n) is 19.0. The first-order valence-corrected chi connectivity index (χ1v) is 10.7. The zero-order valence-corrected chi connectivity index (χ0v) is 19.0. The van der Waals surface area contributed by atoms with Crippen molar-refractivity contribution in [3.05, 3.63) is 33.0 Å². The second-order valence-electron chi connectivity index (χ2n) is 8.32. The fourth-order valence-electron chi connectivity index (χ4n) is 4.41. The number of esters is 1. The summed E-state index contributed by atoms with van der Waals surface area (Å²) in [5, 5.41) is 41.7. The molecule has 190 valence electrons. The molecule has 0 bridgehead atoms. The molecular weight excluding hydrogens is 484 g/mol. The van der Waals surface area contributed by atoms with Crippen molar-refractivity contribution in [2.24, 2.45) is 0 Å². The number of aromatic hydroxyl groups is 2. The molecule has 1 fully saturated rings. The van der Waals surface area contributed by atoms with Crippen LogP contribution < -0.4 is 20.7 Å². The van der Waals surface area contributed by atoms with Crippen LogP contribution in [0.3, 0.4) is 0 Å². The van der Waals surface area contributed by atoms with E-state index in [9.17, 15) is 34.8 Å². The highest BCUT2D eigenvalue weighted by atomic mass is 16.7. The molecule has 0 amide bonds. The van der Waals surface area contributed by atoms with Gasteiger partial charge in [-0.15, -0.1) is 0 Å². The summed E-state index contributed by atoms with van der Waals surface area (Å²) in [5.41, 5.74) is -2.52. The van der Waals surface area contributed by atoms with Crippen molar-refractivity contribution in [1.29, 1.82) is 0 Å². The highest BCUT2D eigenvalue weighted by molar-refractivity contribution is 6.22. The van der Waals surface area contributed by atoms with Crippen LogP contribution in [0.4, 0.5) is 0 Å². The molecule has 13 heteroatoms. The van der Waals surface area contributed by atoms with Crippen LogP contribution in [0.5, 0.6) is 23.0 Å². The Morgan fingerprint density at radius 2 is 1.44 bits per heavy atom. The maximum absolute atomic E-state index is 12.8. The van der Waals surface area contributed by atoms with E-state index in [0.717, 1.165) is 19.1 Å². The third kappa shape index (κ3) is 3.39. The third-order valence-electron chi connectivity index (χ3n) is 6.03. The van der Waals surface area contributed by atoms with Crippen LogP contribution in [-0.4, -0.2) is 64.2 Å². The summed E-state index contributed by atoms with van der Waals surface area (Å²) in [7, 11) is 1.23. The Labute approximate surface area is 199 Å². The molecular formula is C23H20O13. The number of benzene rings is 2. The largest absolute Gasteiger partial charge is 0.504 e. The molecule has 4 aromatic rings. The van der Waals surface area contributed by atoms with E-state index in [2.05, 4.69) is 0 Å². The Hall–Kier alpha value is -4.07. The minimum absolute atomic E-state index is 0.0110. The number of rotatable bonds is 4. The van der Waals surface area contributed by atoms with Crippen molar-refractivity contribution in [3.8, 4) is 23.0 Å². The fourth-order valence-corrected chi connectivity index (χ4v) is 4.41. The quantitative estimate of drug-likeness (QED) is 0.172. The first kappa shape index (κ1) is 23.7. The van der Waals surface area contributed by atoms with E-state index >= 15 is 0 Å². The fraction of sp³-hybridized carbons (Fsp3) is 0.348. The van der Waals surface area contributed by atoms with Crippen molar-refractivity contribution < 1.29 is 53.0 Å². The number of hydrogen-bond donors (Lipinski definition) is 4. The number of aliphatic hydroxyl groups excluding tert-OH is 2. The van der Waals surface area contributed by atoms with Gasteiger partial charge in [0.1, 0.15) is 6.10 Å². The van der Waals surface area contributed by atoms with Gasteiger partial charge in [-0.05, 0) is 19.1 Å². The molecule has 2 aromatic carbocycles. The molecule has 4 N–H and O–H groups in total. The Morgan fingerprint density at radius 3 is 1.97 bits per heavy atom. The predicted molar refractivity (Wildman–Crippen MR) is 120 cm³/mol. The number of aliphatic hydroxyl groups is 2. The normalized spacial score (nSPS) is 24.4. The Morgan fingerprint density at radius 1 is 0.917 bits per heavy atom. The molecule has 5 rings (SSSR count). The van der Waals surface area contributed by atoms with Crippen LogP contribution in [-0.2, 0) is 14.3 Å². The highest BCUT2D eigenvalue weighted by Gasteiger charge is 2.46. The summed E-state index contributed by atoms with van der Waals surface area (Å²) >= 11 is 0. The average molecular weight is 504 g/mol. The molecule has 0 radical (unpaired) electrons. The van der Waals surface area contributed by atoms with Crippen LogP contribution in [0.2, 0.25) is 0 Å². The smallest absolute Gasteiger partial charge is 0.344 e. The van der Waals surface area contributed by atoms with E-state index in [4.69, 9.17) is 27.8 Å². The van der Waals surface area contributed by atoms with Gasteiger partial charge in [0.05, 0.1) is 24.0 Å². The van der Waals surface area contributed by atoms with Gasteiger partial charge >= 0.3 is 17.2 Å². The minimum atomic E-state index is -1.72. The molecule has 2 aromatic heterocycles. The molecule has 1 saturated heterocycles. The lowest BCUT2D eigenvalue weighted by molar-refractivity contribution is -0.272. The molecule has 36 heavy (non-hydrogen) atoms. The molecule has 1 aliphatic heterocycles. The van der Waals surface area contributed by atoms with Gasteiger partial charge in [-0.3, -0.25) is 4.79 Å². The minimum Gasteiger partial charge on any atom is -0.504 e. The van der Waals surface area contributed by atoms with E-state index in [1.807, 2.05) is 0 Å². The van der Waals surface area contributed by atoms with Crippen LogP contribution in [0.25, 0.3) is 32.7 Å². The van der Waals surface area contributed by atoms with E-state index in [-0.39, 0.29) is 38.5 Å². The van der Waals surface area contributed by atoms with Crippen LogP contribution in [0.15, 0.2) is 30.6 Å². The Balaban J connectivity index is 1.74. The summed E-state index contributed by atoms with van der Waals surface area (Å²) in [5.74, 6) is -2.59. The standard InChI is InChI=1S/C23H20O13/c1-6-14(27)20(33-7(2)24)15(28)23(32-6)36-17-11(26)5-9-13-12-8(22(30)35-19(13)17)4-10(25)16(31-3)18(12)34-21(9)29/h4-6,14-15,20,23,25-28H,1-3H3/t6-,14+,15-,20-,23+/m1/s1. The first-order valence-electron chi connectivity index (χ1n) is 10.7. The maximum atomic E-state index is 12.8. The van der Waals surface area contributed by atoms with Gasteiger partial charge in [0.2, 0.25) is 17.8 Å². The third-order valence-corrected chi connectivity index (χ3v) is 6.03. The summed E-state index contributed by atoms with van der Waals surface area (Å²) in [6, 6.07) is 2.10. The van der Waals surface area contributed by atoms with Crippen molar-refractivity contribution in [3.63, 3.8) is 0 Å². The lowest BCUT2D eigenvalue weighted by atomic mass is 9.99. The molecule has 5 atom stereocenters. The van der Waals surface area contributed by atoms with Crippen molar-refractivity contribution in [2.45, 2.75) is 44.6 Å². The molecule has 0 unspecified atom stereocenters. The molecule has 1 aliphatic rings. The summed E-state index contributed by atoms with van der Waals surface area (Å²) in [6.07, 6.45) is -7.11. The number of carbonyl (C=O) groups excluding carboxylic acids is 1. The number of methoxy groups -OCH3 is 1. The van der Waals surface area contributed by atoms with E-state index in [0.29, 0.717) is 0 Å². The van der Waals surface area contributed by atoms with Gasteiger partial charge in [-0.2, -0.15) is 0 Å². The maximum Gasteiger partial charge on any atom is 0.344 e. The monoisotopic (exact) mass is 504 g/mol. The van der Waals surface area contributed by atoms with Gasteiger partial charge in [0.25, 0.3) is 0 Å². The number of ether oxygens (including phenoxy) is 4. The number of hydrogen-bond acceptors (Lipinski definition) is 13. The van der Waals surface area contributed by atoms with Gasteiger partial charge in [-0.1, -0.05) is 0 Å². The molecule has 3 heterocycles. The second-order valence-corrected chi connectivity index (χ2v) is 8.32. The summed E-state index contributed by atoms with van der Waals surface area (Å²) in [6.45, 7) is 2.53. The van der Waals surface area contributed by atoms with Gasteiger partial charge in [0.15, 0.2) is 34.9 Å². The summed E-state index contributed by atoms with van der Waals surface area (Å²) in [4.78, 5) is 37.0. The van der Waals surface area contributed by atoms with Crippen molar-refractivity contribution >= 4 is 38.7 Å². The molecule has 0 aliphatic carbocycles. The predicted octanol–water partition coefficient (Wildman–Crippen LogP) is 0.687. The van der Waals surface area contributed by atoms with Crippen LogP contribution in [0, 0.1) is 0 Å². The van der Waals surface area contributed by atoms with E-state index in [1.165, 1.54) is 14.0 Å².